The van der Waals surface area contributed by atoms with E-state index >= 15 is 0 Å². The van der Waals surface area contributed by atoms with Gasteiger partial charge in [0.2, 0.25) is 0 Å². The topological polar surface area (TPSA) is 88.8 Å². The van der Waals surface area contributed by atoms with Crippen LogP contribution in [0.4, 0.5) is 0 Å². The molecule has 25 heavy (non-hydrogen) atoms. The normalized spacial score (nSPS) is 18.0. The number of aryl methyl sites for hydroxylation is 1. The standard InChI is InChI=1S/C19H21NO5/c1-2-14-13(19(22)23)11-16(25-14)18(21)20-17(15-9-6-10-24-15)12-7-4-3-5-8-12/h3-5,7-8,11,15,17H,2,6,9-10H2,1H3,(H,20,21)(H,22,23). The number of carbonyl (C=O) groups excluding carboxylic acids is 1. The summed E-state index contributed by atoms with van der Waals surface area (Å²) in [4.78, 5) is 23.9. The third-order valence-corrected chi connectivity index (χ3v) is 4.37. The van der Waals surface area contributed by atoms with E-state index in [1.54, 1.807) is 6.92 Å². The van der Waals surface area contributed by atoms with Crippen molar-refractivity contribution in [2.45, 2.75) is 38.3 Å². The van der Waals surface area contributed by atoms with Gasteiger partial charge in [-0.25, -0.2) is 4.79 Å². The fraction of sp³-hybridized carbons (Fsp3) is 0.368. The van der Waals surface area contributed by atoms with Crippen molar-refractivity contribution in [2.75, 3.05) is 6.61 Å². The summed E-state index contributed by atoms with van der Waals surface area (Å²) in [5.41, 5.74) is 0.976. The molecule has 2 unspecified atom stereocenters. The van der Waals surface area contributed by atoms with Gasteiger partial charge in [0.25, 0.3) is 5.91 Å². The lowest BCUT2D eigenvalue weighted by molar-refractivity contribution is 0.0657. The summed E-state index contributed by atoms with van der Waals surface area (Å²) in [5.74, 6) is -1.23. The third-order valence-electron chi connectivity index (χ3n) is 4.37. The molecular formula is C19H21NO5. The molecule has 1 aromatic heterocycles. The Morgan fingerprint density at radius 2 is 2.08 bits per heavy atom. The fourth-order valence-corrected chi connectivity index (χ4v) is 3.11. The van der Waals surface area contributed by atoms with Crippen molar-refractivity contribution < 1.29 is 23.8 Å². The number of carbonyl (C=O) groups is 2. The molecule has 6 nitrogen and oxygen atoms in total. The average molecular weight is 343 g/mol. The van der Waals surface area contributed by atoms with Crippen molar-refractivity contribution in [1.82, 2.24) is 5.32 Å². The highest BCUT2D eigenvalue weighted by Gasteiger charge is 2.30. The van der Waals surface area contributed by atoms with Gasteiger partial charge in [-0.1, -0.05) is 37.3 Å². The van der Waals surface area contributed by atoms with Crippen LogP contribution in [0.5, 0.6) is 0 Å². The van der Waals surface area contributed by atoms with Crippen LogP contribution in [0.1, 0.15) is 58.0 Å². The molecule has 1 aliphatic rings. The van der Waals surface area contributed by atoms with Gasteiger partial charge in [0.05, 0.1) is 12.1 Å². The Morgan fingerprint density at radius 1 is 1.32 bits per heavy atom. The number of hydrogen-bond acceptors (Lipinski definition) is 4. The van der Waals surface area contributed by atoms with Crippen LogP contribution in [-0.2, 0) is 11.2 Å². The summed E-state index contributed by atoms with van der Waals surface area (Å²) in [6.45, 7) is 2.46. The molecule has 1 fully saturated rings. The van der Waals surface area contributed by atoms with E-state index in [9.17, 15) is 14.7 Å². The first-order chi connectivity index (χ1) is 12.1. The molecule has 6 heteroatoms. The van der Waals surface area contributed by atoms with E-state index in [4.69, 9.17) is 9.15 Å². The SMILES string of the molecule is CCc1oc(C(=O)NC(c2ccccc2)C2CCCO2)cc1C(=O)O. The number of aromatic carboxylic acids is 1. The molecule has 0 saturated carbocycles. The molecule has 2 heterocycles. The zero-order chi connectivity index (χ0) is 17.8. The van der Waals surface area contributed by atoms with Crippen LogP contribution in [-0.4, -0.2) is 29.7 Å². The fourth-order valence-electron chi connectivity index (χ4n) is 3.11. The van der Waals surface area contributed by atoms with Crippen molar-refractivity contribution in [3.05, 3.63) is 59.0 Å². The summed E-state index contributed by atoms with van der Waals surface area (Å²) < 4.78 is 11.2. The Kier molecular flexibility index (Phi) is 5.19. The first kappa shape index (κ1) is 17.2. The van der Waals surface area contributed by atoms with Crippen molar-refractivity contribution >= 4 is 11.9 Å². The summed E-state index contributed by atoms with van der Waals surface area (Å²) in [6, 6.07) is 10.6. The van der Waals surface area contributed by atoms with Gasteiger partial charge in [-0.2, -0.15) is 0 Å². The van der Waals surface area contributed by atoms with Gasteiger partial charge < -0.3 is 19.6 Å². The molecule has 132 valence electrons. The largest absolute Gasteiger partial charge is 0.478 e. The Hall–Kier alpha value is -2.60. The van der Waals surface area contributed by atoms with Gasteiger partial charge in [0, 0.05) is 19.1 Å². The molecule has 1 saturated heterocycles. The average Bonchev–Trinajstić information content (AvgIpc) is 3.29. The van der Waals surface area contributed by atoms with Crippen LogP contribution in [0, 0.1) is 0 Å². The molecule has 0 bridgehead atoms. The Labute approximate surface area is 145 Å². The molecule has 2 aromatic rings. The van der Waals surface area contributed by atoms with Crippen LogP contribution in [0.3, 0.4) is 0 Å². The molecule has 2 N–H and O–H groups in total. The van der Waals surface area contributed by atoms with Crippen molar-refractivity contribution in [3.8, 4) is 0 Å². The summed E-state index contributed by atoms with van der Waals surface area (Å²) in [6.07, 6.45) is 2.11. The smallest absolute Gasteiger partial charge is 0.339 e. The van der Waals surface area contributed by atoms with Gasteiger partial charge in [-0.3, -0.25) is 4.79 Å². The van der Waals surface area contributed by atoms with Gasteiger partial charge in [0.15, 0.2) is 5.76 Å². The van der Waals surface area contributed by atoms with E-state index in [1.807, 2.05) is 30.3 Å². The number of nitrogens with one attached hydrogen (secondary N) is 1. The quantitative estimate of drug-likeness (QED) is 0.841. The maximum absolute atomic E-state index is 12.6. The van der Waals surface area contributed by atoms with E-state index < -0.39 is 11.9 Å². The van der Waals surface area contributed by atoms with Gasteiger partial charge >= 0.3 is 5.97 Å². The molecule has 1 amide bonds. The second-order valence-electron chi connectivity index (χ2n) is 6.02. The van der Waals surface area contributed by atoms with Crippen molar-refractivity contribution in [3.63, 3.8) is 0 Å². The maximum atomic E-state index is 12.6. The van der Waals surface area contributed by atoms with Crippen LogP contribution >= 0.6 is 0 Å². The van der Waals surface area contributed by atoms with Crippen LogP contribution in [0.25, 0.3) is 0 Å². The molecule has 0 radical (unpaired) electrons. The number of ether oxygens (including phenoxy) is 1. The maximum Gasteiger partial charge on any atom is 0.339 e. The molecule has 3 rings (SSSR count). The van der Waals surface area contributed by atoms with E-state index in [0.717, 1.165) is 18.4 Å². The second kappa shape index (κ2) is 7.53. The molecule has 1 aliphatic heterocycles. The van der Waals surface area contributed by atoms with Crippen molar-refractivity contribution in [2.24, 2.45) is 0 Å². The highest BCUT2D eigenvalue weighted by molar-refractivity contribution is 5.96. The highest BCUT2D eigenvalue weighted by atomic mass is 16.5. The predicted molar refractivity (Wildman–Crippen MR) is 90.7 cm³/mol. The molecule has 0 aliphatic carbocycles. The number of carboxylic acids is 1. The lowest BCUT2D eigenvalue weighted by atomic mass is 9.99. The molecule has 0 spiro atoms. The zero-order valence-electron chi connectivity index (χ0n) is 14.0. The minimum Gasteiger partial charge on any atom is -0.478 e. The Morgan fingerprint density at radius 3 is 2.64 bits per heavy atom. The minimum absolute atomic E-state index is 0.00757. The van der Waals surface area contributed by atoms with Gasteiger partial charge in [0.1, 0.15) is 11.3 Å². The third kappa shape index (κ3) is 3.74. The lowest BCUT2D eigenvalue weighted by Gasteiger charge is -2.24. The number of rotatable bonds is 6. The van der Waals surface area contributed by atoms with Crippen molar-refractivity contribution in [1.29, 1.82) is 0 Å². The van der Waals surface area contributed by atoms with Crippen LogP contribution in [0.15, 0.2) is 40.8 Å². The van der Waals surface area contributed by atoms with E-state index in [0.29, 0.717) is 18.8 Å². The first-order valence-corrected chi connectivity index (χ1v) is 8.43. The molecule has 2 atom stereocenters. The molecular weight excluding hydrogens is 322 g/mol. The molecule has 1 aromatic carbocycles. The number of furan rings is 1. The van der Waals surface area contributed by atoms with Gasteiger partial charge in [-0.05, 0) is 18.4 Å². The zero-order valence-corrected chi connectivity index (χ0v) is 14.0. The summed E-state index contributed by atoms with van der Waals surface area (Å²) >= 11 is 0. The Balaban J connectivity index is 1.84. The van der Waals surface area contributed by atoms with Crippen LogP contribution in [0.2, 0.25) is 0 Å². The number of amides is 1. The highest BCUT2D eigenvalue weighted by Crippen LogP contribution is 2.27. The van der Waals surface area contributed by atoms with E-state index in [-0.39, 0.29) is 23.5 Å². The number of hydrogen-bond donors (Lipinski definition) is 2. The monoisotopic (exact) mass is 343 g/mol. The first-order valence-electron chi connectivity index (χ1n) is 8.43. The second-order valence-corrected chi connectivity index (χ2v) is 6.02. The van der Waals surface area contributed by atoms with E-state index in [1.165, 1.54) is 6.07 Å². The predicted octanol–water partition coefficient (Wildman–Crippen LogP) is 3.19. The van der Waals surface area contributed by atoms with Gasteiger partial charge in [-0.15, -0.1) is 0 Å². The number of benzene rings is 1. The summed E-state index contributed by atoms with van der Waals surface area (Å²) in [5, 5.41) is 12.2. The Bertz CT molecular complexity index is 746. The van der Waals surface area contributed by atoms with Crippen LogP contribution < -0.4 is 5.32 Å². The van der Waals surface area contributed by atoms with E-state index in [2.05, 4.69) is 5.32 Å². The minimum atomic E-state index is -1.10. The lowest BCUT2D eigenvalue weighted by Crippen LogP contribution is -2.36. The number of carboxylic acid groups (broad SMARTS) is 1. The summed E-state index contributed by atoms with van der Waals surface area (Å²) in [7, 11) is 0.